The fraction of sp³-hybridized carbons (Fsp3) is 0.833. The Morgan fingerprint density at radius 1 is 1.19 bits per heavy atom. The number of carbonyl (C=O) groups is 2. The van der Waals surface area contributed by atoms with Crippen molar-refractivity contribution in [2.45, 2.75) is 45.1 Å². The van der Waals surface area contributed by atoms with Crippen LogP contribution < -0.4 is 16.0 Å². The Bertz CT molecular complexity index is 491. The number of ether oxygens (including phenoxy) is 1. The van der Waals surface area contributed by atoms with Crippen LogP contribution in [0, 0.1) is 5.92 Å². The number of guanidine groups is 1. The molecule has 0 spiro atoms. The number of amides is 2. The predicted molar refractivity (Wildman–Crippen MR) is 101 cm³/mol. The molecule has 1 saturated heterocycles. The van der Waals surface area contributed by atoms with Gasteiger partial charge in [0.1, 0.15) is 6.54 Å². The van der Waals surface area contributed by atoms with E-state index in [2.05, 4.69) is 20.9 Å². The second-order valence-corrected chi connectivity index (χ2v) is 6.93. The van der Waals surface area contributed by atoms with Crippen LogP contribution in [0.25, 0.3) is 0 Å². The van der Waals surface area contributed by atoms with Crippen LogP contribution in [0.3, 0.4) is 0 Å². The van der Waals surface area contributed by atoms with E-state index >= 15 is 0 Å². The van der Waals surface area contributed by atoms with Crippen molar-refractivity contribution in [3.8, 4) is 0 Å². The van der Waals surface area contributed by atoms with Crippen LogP contribution in [-0.4, -0.2) is 75.2 Å². The average molecular weight is 367 g/mol. The van der Waals surface area contributed by atoms with Gasteiger partial charge in [-0.2, -0.15) is 0 Å². The number of carbonyl (C=O) groups excluding carboxylic acids is 2. The Hall–Kier alpha value is -1.83. The first-order valence-electron chi connectivity index (χ1n) is 9.73. The lowest BCUT2D eigenvalue weighted by Crippen LogP contribution is -2.46. The SMILES string of the molecule is CCNC(=NCC(=O)NCCOC)NC1CCN(C(=O)C2CCCC2)C1. The van der Waals surface area contributed by atoms with Crippen molar-refractivity contribution in [3.05, 3.63) is 0 Å². The molecule has 0 radical (unpaired) electrons. The van der Waals surface area contributed by atoms with Gasteiger partial charge in [-0.3, -0.25) is 9.59 Å². The second-order valence-electron chi connectivity index (χ2n) is 6.93. The minimum Gasteiger partial charge on any atom is -0.383 e. The third kappa shape index (κ3) is 6.48. The van der Waals surface area contributed by atoms with Gasteiger partial charge in [0.25, 0.3) is 0 Å². The van der Waals surface area contributed by atoms with E-state index in [0.29, 0.717) is 38.1 Å². The first kappa shape index (κ1) is 20.5. The normalized spacial score (nSPS) is 21.1. The lowest BCUT2D eigenvalue weighted by Gasteiger charge is -2.21. The lowest BCUT2D eigenvalue weighted by atomic mass is 10.1. The molecular weight excluding hydrogens is 334 g/mol. The van der Waals surface area contributed by atoms with Crippen molar-refractivity contribution in [1.82, 2.24) is 20.9 Å². The van der Waals surface area contributed by atoms with E-state index in [4.69, 9.17) is 4.74 Å². The van der Waals surface area contributed by atoms with Gasteiger partial charge in [0.15, 0.2) is 5.96 Å². The van der Waals surface area contributed by atoms with Crippen LogP contribution in [0.4, 0.5) is 0 Å². The number of hydrogen-bond acceptors (Lipinski definition) is 4. The summed E-state index contributed by atoms with van der Waals surface area (Å²) in [6.45, 7) is 5.24. The maximum Gasteiger partial charge on any atom is 0.241 e. The van der Waals surface area contributed by atoms with E-state index < -0.39 is 0 Å². The highest BCUT2D eigenvalue weighted by molar-refractivity contribution is 5.85. The Kier molecular flexibility index (Phi) is 8.67. The van der Waals surface area contributed by atoms with Crippen molar-refractivity contribution >= 4 is 17.8 Å². The molecule has 0 aromatic heterocycles. The van der Waals surface area contributed by atoms with E-state index in [9.17, 15) is 9.59 Å². The smallest absolute Gasteiger partial charge is 0.241 e. The Labute approximate surface area is 156 Å². The molecular formula is C18H33N5O3. The molecule has 26 heavy (non-hydrogen) atoms. The highest BCUT2D eigenvalue weighted by Crippen LogP contribution is 2.27. The molecule has 1 heterocycles. The summed E-state index contributed by atoms with van der Waals surface area (Å²) in [4.78, 5) is 30.6. The number of methoxy groups -OCH3 is 1. The topological polar surface area (TPSA) is 95.1 Å². The first-order valence-corrected chi connectivity index (χ1v) is 9.73. The number of nitrogens with zero attached hydrogens (tertiary/aromatic N) is 2. The minimum absolute atomic E-state index is 0.0660. The van der Waals surface area contributed by atoms with Gasteiger partial charge < -0.3 is 25.6 Å². The largest absolute Gasteiger partial charge is 0.383 e. The zero-order valence-electron chi connectivity index (χ0n) is 16.1. The number of aliphatic imine (C=N–C) groups is 1. The van der Waals surface area contributed by atoms with Crippen LogP contribution in [-0.2, 0) is 14.3 Å². The van der Waals surface area contributed by atoms with Gasteiger partial charge in [-0.15, -0.1) is 0 Å². The summed E-state index contributed by atoms with van der Waals surface area (Å²) >= 11 is 0. The van der Waals surface area contributed by atoms with E-state index in [-0.39, 0.29) is 24.4 Å². The third-order valence-corrected chi connectivity index (χ3v) is 4.90. The van der Waals surface area contributed by atoms with Crippen molar-refractivity contribution in [3.63, 3.8) is 0 Å². The lowest BCUT2D eigenvalue weighted by molar-refractivity contribution is -0.134. The molecule has 2 rings (SSSR count). The van der Waals surface area contributed by atoms with Crippen LogP contribution in [0.1, 0.15) is 39.0 Å². The van der Waals surface area contributed by atoms with Crippen LogP contribution >= 0.6 is 0 Å². The number of likely N-dealkylation sites (tertiary alicyclic amines) is 1. The Morgan fingerprint density at radius 2 is 1.96 bits per heavy atom. The molecule has 2 aliphatic rings. The summed E-state index contributed by atoms with van der Waals surface area (Å²) in [5.41, 5.74) is 0. The molecule has 0 aromatic rings. The number of rotatable bonds is 8. The monoisotopic (exact) mass is 367 g/mol. The molecule has 1 unspecified atom stereocenters. The molecule has 1 aliphatic carbocycles. The first-order chi connectivity index (χ1) is 12.6. The molecule has 3 N–H and O–H groups in total. The van der Waals surface area contributed by atoms with E-state index in [0.717, 1.165) is 25.8 Å². The van der Waals surface area contributed by atoms with E-state index in [1.807, 2.05) is 11.8 Å². The van der Waals surface area contributed by atoms with Crippen molar-refractivity contribution in [1.29, 1.82) is 0 Å². The summed E-state index contributed by atoms with van der Waals surface area (Å²) in [6, 6.07) is 0.176. The molecule has 0 bridgehead atoms. The average Bonchev–Trinajstić information content (AvgIpc) is 3.31. The summed E-state index contributed by atoms with van der Waals surface area (Å²) < 4.78 is 4.90. The Balaban J connectivity index is 1.78. The van der Waals surface area contributed by atoms with Gasteiger partial charge in [-0.1, -0.05) is 12.8 Å². The van der Waals surface area contributed by atoms with Crippen LogP contribution in [0.2, 0.25) is 0 Å². The van der Waals surface area contributed by atoms with Crippen LogP contribution in [0.15, 0.2) is 4.99 Å². The summed E-state index contributed by atoms with van der Waals surface area (Å²) in [7, 11) is 1.60. The van der Waals surface area contributed by atoms with Gasteiger partial charge in [0.05, 0.1) is 6.61 Å². The fourth-order valence-electron chi connectivity index (χ4n) is 3.52. The highest BCUT2D eigenvalue weighted by Gasteiger charge is 2.32. The maximum absolute atomic E-state index is 12.5. The van der Waals surface area contributed by atoms with E-state index in [1.165, 1.54) is 12.8 Å². The van der Waals surface area contributed by atoms with Crippen molar-refractivity contribution < 1.29 is 14.3 Å². The summed E-state index contributed by atoms with van der Waals surface area (Å²) in [6.07, 6.45) is 5.33. The predicted octanol–water partition coefficient (Wildman–Crippen LogP) is 0.0952. The van der Waals surface area contributed by atoms with Gasteiger partial charge in [-0.25, -0.2) is 4.99 Å². The fourth-order valence-corrected chi connectivity index (χ4v) is 3.52. The highest BCUT2D eigenvalue weighted by atomic mass is 16.5. The van der Waals surface area contributed by atoms with Crippen molar-refractivity contribution in [2.24, 2.45) is 10.9 Å². The molecule has 2 amide bonds. The van der Waals surface area contributed by atoms with Gasteiger partial charge in [-0.05, 0) is 26.2 Å². The van der Waals surface area contributed by atoms with Crippen molar-refractivity contribution in [2.75, 3.05) is 46.4 Å². The zero-order valence-corrected chi connectivity index (χ0v) is 16.1. The second kappa shape index (κ2) is 11.0. The third-order valence-electron chi connectivity index (χ3n) is 4.90. The quantitative estimate of drug-likeness (QED) is 0.321. The Morgan fingerprint density at radius 3 is 2.65 bits per heavy atom. The number of hydrogen-bond donors (Lipinski definition) is 3. The maximum atomic E-state index is 12.5. The molecule has 1 atom stereocenters. The molecule has 2 fully saturated rings. The van der Waals surface area contributed by atoms with E-state index in [1.54, 1.807) is 7.11 Å². The standard InChI is InChI=1S/C18H33N5O3/c1-3-19-18(21-12-16(24)20-9-11-26-2)22-15-8-10-23(13-15)17(25)14-6-4-5-7-14/h14-15H,3-13H2,1-2H3,(H,20,24)(H2,19,21,22). The molecule has 0 aromatic carbocycles. The van der Waals surface area contributed by atoms with Crippen LogP contribution in [0.5, 0.6) is 0 Å². The molecule has 1 saturated carbocycles. The molecule has 8 nitrogen and oxygen atoms in total. The van der Waals surface area contributed by atoms with Gasteiger partial charge in [0.2, 0.25) is 11.8 Å². The van der Waals surface area contributed by atoms with Gasteiger partial charge >= 0.3 is 0 Å². The van der Waals surface area contributed by atoms with Gasteiger partial charge in [0, 0.05) is 45.2 Å². The zero-order chi connectivity index (χ0) is 18.8. The summed E-state index contributed by atoms with van der Waals surface area (Å²) in [5, 5.41) is 9.27. The molecule has 1 aliphatic heterocycles. The number of nitrogens with one attached hydrogen (secondary N) is 3. The minimum atomic E-state index is -0.135. The molecule has 148 valence electrons. The molecule has 8 heteroatoms. The summed E-state index contributed by atoms with van der Waals surface area (Å²) in [5.74, 6) is 1.02.